The molecule has 1 N–H and O–H groups in total. The van der Waals surface area contributed by atoms with E-state index in [-0.39, 0.29) is 11.1 Å². The molecule has 0 unspecified atom stereocenters. The summed E-state index contributed by atoms with van der Waals surface area (Å²) >= 11 is 5.57. The third-order valence-electron chi connectivity index (χ3n) is 2.65. The highest BCUT2D eigenvalue weighted by molar-refractivity contribution is 6.17. The minimum atomic E-state index is -0.230. The van der Waals surface area contributed by atoms with Crippen molar-refractivity contribution in [2.75, 3.05) is 5.88 Å². The molecular weight excluding hydrogens is 240 g/mol. The van der Waals surface area contributed by atoms with E-state index >= 15 is 0 Å². The quantitative estimate of drug-likeness (QED) is 0.665. The number of nitrogens with zero attached hydrogens (tertiary/aromatic N) is 1. The summed E-state index contributed by atoms with van der Waals surface area (Å²) in [4.78, 5) is 23.8. The fourth-order valence-electron chi connectivity index (χ4n) is 1.77. The third-order valence-corrected chi connectivity index (χ3v) is 2.92. The summed E-state index contributed by atoms with van der Waals surface area (Å²) in [5.74, 6) is 0.562. The second-order valence-corrected chi connectivity index (χ2v) is 4.22. The topological polar surface area (TPSA) is 54.9 Å². The first-order valence-corrected chi connectivity index (χ1v) is 6.05. The summed E-state index contributed by atoms with van der Waals surface area (Å²) < 4.78 is 1.36. The van der Waals surface area contributed by atoms with Crippen molar-refractivity contribution in [1.82, 2.24) is 9.78 Å². The molecule has 1 aromatic heterocycles. The van der Waals surface area contributed by atoms with Crippen molar-refractivity contribution in [1.29, 1.82) is 0 Å². The minimum absolute atomic E-state index is 0.158. The second kappa shape index (κ2) is 5.19. The van der Waals surface area contributed by atoms with Gasteiger partial charge < -0.3 is 0 Å². The molecule has 17 heavy (non-hydrogen) atoms. The lowest BCUT2D eigenvalue weighted by atomic mass is 10.2. The van der Waals surface area contributed by atoms with Gasteiger partial charge in [-0.05, 0) is 25.0 Å². The van der Waals surface area contributed by atoms with Crippen LogP contribution in [0.5, 0.6) is 0 Å². The maximum absolute atomic E-state index is 12.0. The van der Waals surface area contributed by atoms with Crippen LogP contribution in [0.15, 0.2) is 33.9 Å². The van der Waals surface area contributed by atoms with Gasteiger partial charge in [0.05, 0.1) is 10.8 Å². The average molecular weight is 253 g/mol. The van der Waals surface area contributed by atoms with Gasteiger partial charge >= 0.3 is 0 Å². The first-order chi connectivity index (χ1) is 8.24. The molecule has 1 heterocycles. The number of hydrogen-bond donors (Lipinski definition) is 1. The zero-order chi connectivity index (χ0) is 12.3. The van der Waals surface area contributed by atoms with Gasteiger partial charge in [0.15, 0.2) is 0 Å². The van der Waals surface area contributed by atoms with Crippen LogP contribution < -0.4 is 11.1 Å². The predicted molar refractivity (Wildman–Crippen MR) is 68.8 cm³/mol. The van der Waals surface area contributed by atoms with E-state index in [4.69, 9.17) is 11.6 Å². The number of aromatic amines is 1. The molecule has 0 saturated heterocycles. The number of rotatable bonds is 4. The Balaban J connectivity index is 2.48. The Bertz CT molecular complexity index is 630. The Kier molecular flexibility index (Phi) is 3.64. The lowest BCUT2D eigenvalue weighted by Crippen LogP contribution is -2.29. The van der Waals surface area contributed by atoms with E-state index in [1.807, 2.05) is 0 Å². The van der Waals surface area contributed by atoms with Crippen molar-refractivity contribution < 1.29 is 0 Å². The van der Waals surface area contributed by atoms with Crippen molar-refractivity contribution in [3.8, 4) is 0 Å². The van der Waals surface area contributed by atoms with E-state index in [9.17, 15) is 9.59 Å². The van der Waals surface area contributed by atoms with Crippen molar-refractivity contribution in [3.63, 3.8) is 0 Å². The van der Waals surface area contributed by atoms with Gasteiger partial charge in [-0.25, -0.2) is 4.68 Å². The molecule has 0 atom stereocenters. The Labute approximate surface area is 103 Å². The monoisotopic (exact) mass is 252 g/mol. The molecule has 2 aromatic rings. The minimum Gasteiger partial charge on any atom is -0.267 e. The summed E-state index contributed by atoms with van der Waals surface area (Å²) in [6.45, 7) is 0.492. The maximum Gasteiger partial charge on any atom is 0.273 e. The number of aryl methyl sites for hydroxylation is 1. The van der Waals surface area contributed by atoms with Crippen LogP contribution in [0, 0.1) is 0 Å². The van der Waals surface area contributed by atoms with E-state index in [2.05, 4.69) is 5.10 Å². The zero-order valence-corrected chi connectivity index (χ0v) is 10.0. The third kappa shape index (κ3) is 2.42. The molecule has 0 fully saturated rings. The van der Waals surface area contributed by atoms with Gasteiger partial charge in [-0.15, -0.1) is 11.6 Å². The van der Waals surface area contributed by atoms with Gasteiger partial charge in [0, 0.05) is 12.4 Å². The fraction of sp³-hybridized carbons (Fsp3) is 0.333. The smallest absolute Gasteiger partial charge is 0.267 e. The first-order valence-electron chi connectivity index (χ1n) is 5.52. The molecule has 0 radical (unpaired) electrons. The van der Waals surface area contributed by atoms with E-state index in [0.717, 1.165) is 12.8 Å². The van der Waals surface area contributed by atoms with Crippen LogP contribution in [0.25, 0.3) is 10.8 Å². The average Bonchev–Trinajstić information content (AvgIpc) is 2.36. The van der Waals surface area contributed by atoms with Crippen LogP contribution >= 0.6 is 11.6 Å². The van der Waals surface area contributed by atoms with Gasteiger partial charge in [0.2, 0.25) is 0 Å². The van der Waals surface area contributed by atoms with E-state index < -0.39 is 0 Å². The Hall–Kier alpha value is -1.55. The Morgan fingerprint density at radius 3 is 2.53 bits per heavy atom. The predicted octanol–water partition coefficient (Wildman–Crippen LogP) is 1.71. The molecule has 0 aliphatic heterocycles. The van der Waals surface area contributed by atoms with E-state index in [0.29, 0.717) is 23.2 Å². The molecule has 0 aliphatic carbocycles. The molecule has 90 valence electrons. The second-order valence-electron chi connectivity index (χ2n) is 3.84. The van der Waals surface area contributed by atoms with Crippen LogP contribution in [0.2, 0.25) is 0 Å². The SMILES string of the molecule is O=c1[nH]n(CCCCCl)c(=O)c2ccccc12. The van der Waals surface area contributed by atoms with Crippen LogP contribution in [0.3, 0.4) is 0 Å². The molecule has 0 amide bonds. The van der Waals surface area contributed by atoms with Crippen LogP contribution in [0.1, 0.15) is 12.8 Å². The molecule has 1 aromatic carbocycles. The molecule has 0 spiro atoms. The largest absolute Gasteiger partial charge is 0.273 e. The summed E-state index contributed by atoms with van der Waals surface area (Å²) in [6.07, 6.45) is 1.60. The molecule has 0 aliphatic rings. The number of fused-ring (bicyclic) bond motifs is 1. The summed E-state index contributed by atoms with van der Waals surface area (Å²) in [7, 11) is 0. The normalized spacial score (nSPS) is 10.9. The highest BCUT2D eigenvalue weighted by atomic mass is 35.5. The standard InChI is InChI=1S/C12H13ClN2O2/c13-7-3-4-8-15-12(17)10-6-2-1-5-9(10)11(16)14-15/h1-2,5-6H,3-4,7-8H2,(H,14,16). The van der Waals surface area contributed by atoms with Gasteiger partial charge in [-0.3, -0.25) is 14.7 Å². The number of H-pyrrole nitrogens is 1. The number of hydrogen-bond acceptors (Lipinski definition) is 2. The molecule has 0 bridgehead atoms. The lowest BCUT2D eigenvalue weighted by molar-refractivity contribution is 0.543. The number of unbranched alkanes of at least 4 members (excludes halogenated alkanes) is 1. The lowest BCUT2D eigenvalue weighted by Gasteiger charge is -2.05. The number of benzene rings is 1. The van der Waals surface area contributed by atoms with Crippen molar-refractivity contribution in [2.24, 2.45) is 0 Å². The van der Waals surface area contributed by atoms with Crippen LogP contribution in [0.4, 0.5) is 0 Å². The highest BCUT2D eigenvalue weighted by Gasteiger charge is 2.05. The van der Waals surface area contributed by atoms with Crippen molar-refractivity contribution >= 4 is 22.4 Å². The van der Waals surface area contributed by atoms with Crippen molar-refractivity contribution in [2.45, 2.75) is 19.4 Å². The van der Waals surface area contributed by atoms with Gasteiger partial charge in [0.25, 0.3) is 11.1 Å². The molecule has 0 saturated carbocycles. The van der Waals surface area contributed by atoms with Gasteiger partial charge in [0.1, 0.15) is 0 Å². The molecule has 2 rings (SSSR count). The molecule has 5 heteroatoms. The number of alkyl halides is 1. The molecular formula is C12H13ClN2O2. The Morgan fingerprint density at radius 1 is 1.12 bits per heavy atom. The van der Waals surface area contributed by atoms with Crippen LogP contribution in [-0.2, 0) is 6.54 Å². The number of nitrogens with one attached hydrogen (secondary N) is 1. The van der Waals surface area contributed by atoms with E-state index in [1.54, 1.807) is 24.3 Å². The molecule has 4 nitrogen and oxygen atoms in total. The summed E-state index contributed by atoms with van der Waals surface area (Å²) in [6, 6.07) is 6.82. The highest BCUT2D eigenvalue weighted by Crippen LogP contribution is 2.02. The summed E-state index contributed by atoms with van der Waals surface area (Å²) in [5, 5.41) is 3.48. The maximum atomic E-state index is 12.0. The van der Waals surface area contributed by atoms with Gasteiger partial charge in [-0.2, -0.15) is 0 Å². The fourth-order valence-corrected chi connectivity index (χ4v) is 1.96. The van der Waals surface area contributed by atoms with Crippen LogP contribution in [-0.4, -0.2) is 15.7 Å². The first kappa shape index (κ1) is 11.9. The van der Waals surface area contributed by atoms with Crippen molar-refractivity contribution in [3.05, 3.63) is 45.0 Å². The Morgan fingerprint density at radius 2 is 1.82 bits per heavy atom. The zero-order valence-electron chi connectivity index (χ0n) is 9.28. The van der Waals surface area contributed by atoms with Gasteiger partial charge in [-0.1, -0.05) is 12.1 Å². The number of aromatic nitrogens is 2. The summed E-state index contributed by atoms with van der Waals surface area (Å²) in [5.41, 5.74) is -0.388. The van der Waals surface area contributed by atoms with E-state index in [1.165, 1.54) is 4.68 Å². The number of halogens is 1.